The molecule has 0 saturated heterocycles. The van der Waals surface area contributed by atoms with E-state index in [-0.39, 0.29) is 0 Å². The van der Waals surface area contributed by atoms with Gasteiger partial charge in [0.2, 0.25) is 0 Å². The van der Waals surface area contributed by atoms with Gasteiger partial charge in [-0.2, -0.15) is 0 Å². The molecule has 0 aliphatic heterocycles. The molecule has 0 radical (unpaired) electrons. The van der Waals surface area contributed by atoms with Crippen molar-refractivity contribution >= 4 is 45.2 Å². The standard InChI is InChI=1S/C16H20ClIN2/c1-11-4-2-3-5-14(11)20-15-7-6-12(18)10-13(15)19-16(20)8-9-17/h6-7,10-11,14H,2-5,8-9H2,1H3. The molecule has 2 aromatic rings. The molecule has 0 bridgehead atoms. The van der Waals surface area contributed by atoms with E-state index in [2.05, 4.69) is 52.3 Å². The Morgan fingerprint density at radius 1 is 1.35 bits per heavy atom. The summed E-state index contributed by atoms with van der Waals surface area (Å²) in [4.78, 5) is 4.85. The second kappa shape index (κ2) is 6.22. The molecule has 1 aliphatic rings. The lowest BCUT2D eigenvalue weighted by molar-refractivity contribution is 0.258. The van der Waals surface area contributed by atoms with E-state index in [9.17, 15) is 0 Å². The summed E-state index contributed by atoms with van der Waals surface area (Å²) in [7, 11) is 0. The van der Waals surface area contributed by atoms with Gasteiger partial charge in [0.1, 0.15) is 5.82 Å². The molecule has 1 aromatic carbocycles. The van der Waals surface area contributed by atoms with Crippen molar-refractivity contribution in [3.63, 3.8) is 0 Å². The predicted octanol–water partition coefficient (Wildman–Crippen LogP) is 5.17. The molecule has 1 saturated carbocycles. The molecule has 3 rings (SSSR count). The summed E-state index contributed by atoms with van der Waals surface area (Å²) >= 11 is 8.34. The third kappa shape index (κ3) is 2.71. The molecule has 1 heterocycles. The van der Waals surface area contributed by atoms with Gasteiger partial charge in [0.25, 0.3) is 0 Å². The number of nitrogens with zero attached hydrogens (tertiary/aromatic N) is 2. The number of rotatable bonds is 3. The second-order valence-electron chi connectivity index (χ2n) is 5.80. The number of fused-ring (bicyclic) bond motifs is 1. The van der Waals surface area contributed by atoms with Crippen LogP contribution in [0.15, 0.2) is 18.2 Å². The molecule has 0 N–H and O–H groups in total. The van der Waals surface area contributed by atoms with Crippen molar-refractivity contribution in [3.05, 3.63) is 27.6 Å². The van der Waals surface area contributed by atoms with Crippen LogP contribution in [0.3, 0.4) is 0 Å². The first-order chi connectivity index (χ1) is 9.70. The number of hydrogen-bond acceptors (Lipinski definition) is 1. The number of alkyl halides is 1. The van der Waals surface area contributed by atoms with Crippen molar-refractivity contribution in [1.29, 1.82) is 0 Å². The minimum atomic E-state index is 0.590. The fourth-order valence-electron chi connectivity index (χ4n) is 3.43. The smallest absolute Gasteiger partial charge is 0.111 e. The van der Waals surface area contributed by atoms with Crippen molar-refractivity contribution in [3.8, 4) is 0 Å². The average Bonchev–Trinajstić information content (AvgIpc) is 2.77. The first-order valence-electron chi connectivity index (χ1n) is 7.43. The number of benzene rings is 1. The highest BCUT2D eigenvalue weighted by molar-refractivity contribution is 14.1. The van der Waals surface area contributed by atoms with Crippen LogP contribution in [-0.2, 0) is 6.42 Å². The van der Waals surface area contributed by atoms with E-state index in [1.165, 1.54) is 34.8 Å². The molecular formula is C16H20ClIN2. The Hall–Kier alpha value is -0.290. The first-order valence-corrected chi connectivity index (χ1v) is 9.04. The molecule has 4 heteroatoms. The highest BCUT2D eigenvalue weighted by atomic mass is 127. The number of aromatic nitrogens is 2. The second-order valence-corrected chi connectivity index (χ2v) is 7.42. The summed E-state index contributed by atoms with van der Waals surface area (Å²) in [5.41, 5.74) is 2.40. The molecule has 0 amide bonds. The lowest BCUT2D eigenvalue weighted by Gasteiger charge is -2.31. The van der Waals surface area contributed by atoms with Crippen LogP contribution >= 0.6 is 34.2 Å². The van der Waals surface area contributed by atoms with Crippen LogP contribution in [0.1, 0.15) is 44.5 Å². The predicted molar refractivity (Wildman–Crippen MR) is 93.5 cm³/mol. The Kier molecular flexibility index (Phi) is 4.55. The summed E-state index contributed by atoms with van der Waals surface area (Å²) in [6, 6.07) is 7.17. The van der Waals surface area contributed by atoms with Crippen LogP contribution in [0.2, 0.25) is 0 Å². The Bertz CT molecular complexity index is 608. The van der Waals surface area contributed by atoms with Gasteiger partial charge in [0.05, 0.1) is 11.0 Å². The van der Waals surface area contributed by atoms with E-state index in [1.54, 1.807) is 0 Å². The molecular weight excluding hydrogens is 383 g/mol. The van der Waals surface area contributed by atoms with Gasteiger partial charge in [-0.1, -0.05) is 19.8 Å². The maximum Gasteiger partial charge on any atom is 0.111 e. The van der Waals surface area contributed by atoms with E-state index in [0.29, 0.717) is 11.9 Å². The maximum absolute atomic E-state index is 5.99. The van der Waals surface area contributed by atoms with Crippen LogP contribution in [0.25, 0.3) is 11.0 Å². The van der Waals surface area contributed by atoms with E-state index < -0.39 is 0 Å². The third-order valence-electron chi connectivity index (χ3n) is 4.44. The minimum absolute atomic E-state index is 0.590. The molecule has 2 atom stereocenters. The summed E-state index contributed by atoms with van der Waals surface area (Å²) in [5, 5.41) is 0. The minimum Gasteiger partial charge on any atom is -0.325 e. The zero-order chi connectivity index (χ0) is 14.1. The first kappa shape index (κ1) is 14.6. The lowest BCUT2D eigenvalue weighted by atomic mass is 9.85. The molecule has 20 heavy (non-hydrogen) atoms. The van der Waals surface area contributed by atoms with Crippen LogP contribution in [0.4, 0.5) is 0 Å². The van der Waals surface area contributed by atoms with Gasteiger partial charge in [-0.15, -0.1) is 11.6 Å². The third-order valence-corrected chi connectivity index (χ3v) is 5.30. The molecule has 108 valence electrons. The van der Waals surface area contributed by atoms with Gasteiger partial charge in [-0.3, -0.25) is 0 Å². The van der Waals surface area contributed by atoms with E-state index in [0.717, 1.165) is 23.7 Å². The van der Waals surface area contributed by atoms with Crippen molar-refractivity contribution in [2.45, 2.75) is 45.1 Å². The molecule has 1 aromatic heterocycles. The fraction of sp³-hybridized carbons (Fsp3) is 0.562. The normalized spacial score (nSPS) is 23.4. The van der Waals surface area contributed by atoms with E-state index in [4.69, 9.17) is 16.6 Å². The summed E-state index contributed by atoms with van der Waals surface area (Å²) < 4.78 is 3.73. The van der Waals surface area contributed by atoms with Gasteiger partial charge < -0.3 is 4.57 Å². The Labute approximate surface area is 139 Å². The largest absolute Gasteiger partial charge is 0.325 e. The van der Waals surface area contributed by atoms with Gasteiger partial charge >= 0.3 is 0 Å². The monoisotopic (exact) mass is 402 g/mol. The van der Waals surface area contributed by atoms with Gasteiger partial charge in [-0.05, 0) is 59.5 Å². The zero-order valence-electron chi connectivity index (χ0n) is 11.8. The van der Waals surface area contributed by atoms with E-state index in [1.807, 2.05) is 0 Å². The molecule has 1 aliphatic carbocycles. The number of hydrogen-bond donors (Lipinski definition) is 0. The maximum atomic E-state index is 5.99. The SMILES string of the molecule is CC1CCCCC1n1c(CCCl)nc2cc(I)ccc21. The van der Waals surface area contributed by atoms with Crippen molar-refractivity contribution in [2.24, 2.45) is 5.92 Å². The fourth-order valence-corrected chi connectivity index (χ4v) is 4.08. The van der Waals surface area contributed by atoms with Gasteiger partial charge in [0, 0.05) is 21.9 Å². The topological polar surface area (TPSA) is 17.8 Å². The number of halogens is 2. The quantitative estimate of drug-likeness (QED) is 0.511. The van der Waals surface area contributed by atoms with Crippen LogP contribution in [0.5, 0.6) is 0 Å². The Morgan fingerprint density at radius 3 is 2.90 bits per heavy atom. The molecule has 1 fully saturated rings. The van der Waals surface area contributed by atoms with Gasteiger partial charge in [0.15, 0.2) is 0 Å². The van der Waals surface area contributed by atoms with Gasteiger partial charge in [-0.25, -0.2) is 4.98 Å². The number of aryl methyl sites for hydroxylation is 1. The highest BCUT2D eigenvalue weighted by Gasteiger charge is 2.26. The molecule has 2 nitrogen and oxygen atoms in total. The van der Waals surface area contributed by atoms with E-state index >= 15 is 0 Å². The lowest BCUT2D eigenvalue weighted by Crippen LogP contribution is -2.23. The Balaban J connectivity index is 2.12. The molecule has 2 unspecified atom stereocenters. The van der Waals surface area contributed by atoms with Crippen molar-refractivity contribution in [2.75, 3.05) is 5.88 Å². The molecule has 0 spiro atoms. The van der Waals surface area contributed by atoms with Crippen LogP contribution < -0.4 is 0 Å². The Morgan fingerprint density at radius 2 is 2.15 bits per heavy atom. The highest BCUT2D eigenvalue weighted by Crippen LogP contribution is 2.37. The summed E-state index contributed by atoms with van der Waals surface area (Å²) in [6.45, 7) is 2.38. The average molecular weight is 403 g/mol. The van der Waals surface area contributed by atoms with Crippen molar-refractivity contribution in [1.82, 2.24) is 9.55 Å². The number of imidazole rings is 1. The van der Waals surface area contributed by atoms with Crippen LogP contribution in [0, 0.1) is 9.49 Å². The zero-order valence-corrected chi connectivity index (χ0v) is 14.7. The van der Waals surface area contributed by atoms with Crippen LogP contribution in [-0.4, -0.2) is 15.4 Å². The summed E-state index contributed by atoms with van der Waals surface area (Å²) in [5.74, 6) is 2.53. The summed E-state index contributed by atoms with van der Waals surface area (Å²) in [6.07, 6.45) is 6.16. The van der Waals surface area contributed by atoms with Crippen molar-refractivity contribution < 1.29 is 0 Å².